The highest BCUT2D eigenvalue weighted by molar-refractivity contribution is 5.18. The molecule has 0 aliphatic carbocycles. The zero-order valence-corrected chi connectivity index (χ0v) is 8.42. The van der Waals surface area contributed by atoms with Gasteiger partial charge in [-0.2, -0.15) is 0 Å². The first-order valence-electron chi connectivity index (χ1n) is 4.73. The van der Waals surface area contributed by atoms with Gasteiger partial charge in [-0.25, -0.2) is 0 Å². The van der Waals surface area contributed by atoms with Gasteiger partial charge < -0.3 is 4.42 Å². The summed E-state index contributed by atoms with van der Waals surface area (Å²) in [6.07, 6.45) is 3.03. The quantitative estimate of drug-likeness (QED) is 0.663. The first-order chi connectivity index (χ1) is 5.65. The Bertz CT molecular complexity index is 235. The summed E-state index contributed by atoms with van der Waals surface area (Å²) < 4.78 is 5.48. The minimum atomic E-state index is 0.553. The molecule has 0 saturated heterocycles. The second-order valence-electron chi connectivity index (χ2n) is 3.75. The molecule has 1 atom stereocenters. The molecule has 1 aromatic rings. The highest BCUT2D eigenvalue weighted by Gasteiger charge is 2.09. The molecule has 1 heteroatoms. The van der Waals surface area contributed by atoms with Crippen molar-refractivity contribution in [1.82, 2.24) is 0 Å². The highest BCUT2D eigenvalue weighted by Crippen LogP contribution is 2.24. The fourth-order valence-corrected chi connectivity index (χ4v) is 1.13. The Morgan fingerprint density at radius 3 is 2.42 bits per heavy atom. The first-order valence-corrected chi connectivity index (χ1v) is 4.73. The van der Waals surface area contributed by atoms with Crippen LogP contribution in [0.2, 0.25) is 0 Å². The molecule has 0 amide bonds. The van der Waals surface area contributed by atoms with Gasteiger partial charge in [0.2, 0.25) is 0 Å². The molecule has 0 spiro atoms. The molecule has 0 saturated carbocycles. The zero-order valence-electron chi connectivity index (χ0n) is 8.42. The third kappa shape index (κ3) is 1.90. The topological polar surface area (TPSA) is 13.1 Å². The van der Waals surface area contributed by atoms with Crippen LogP contribution in [0.3, 0.4) is 0 Å². The van der Waals surface area contributed by atoms with Crippen molar-refractivity contribution in [2.45, 2.75) is 46.0 Å². The van der Waals surface area contributed by atoms with Gasteiger partial charge in [-0.1, -0.05) is 27.7 Å². The van der Waals surface area contributed by atoms with Crippen LogP contribution in [0.5, 0.6) is 0 Å². The van der Waals surface area contributed by atoms with Crippen molar-refractivity contribution in [3.63, 3.8) is 0 Å². The first kappa shape index (κ1) is 9.37. The molecule has 1 heterocycles. The Hall–Kier alpha value is -0.720. The molecule has 1 nitrogen and oxygen atoms in total. The Morgan fingerprint density at radius 1 is 1.33 bits per heavy atom. The second-order valence-corrected chi connectivity index (χ2v) is 3.75. The van der Waals surface area contributed by atoms with Gasteiger partial charge in [-0.3, -0.25) is 0 Å². The van der Waals surface area contributed by atoms with E-state index in [1.165, 1.54) is 5.56 Å². The summed E-state index contributed by atoms with van der Waals surface area (Å²) >= 11 is 0. The normalized spacial score (nSPS) is 13.8. The molecule has 12 heavy (non-hydrogen) atoms. The molecule has 0 bridgehead atoms. The largest absolute Gasteiger partial charge is 0.469 e. The van der Waals surface area contributed by atoms with E-state index < -0.39 is 0 Å². The Morgan fingerprint density at radius 2 is 2.00 bits per heavy atom. The molecule has 1 unspecified atom stereocenters. The van der Waals surface area contributed by atoms with Crippen molar-refractivity contribution in [3.05, 3.63) is 23.7 Å². The average Bonchev–Trinajstić information content (AvgIpc) is 2.51. The van der Waals surface area contributed by atoms with E-state index in [2.05, 4.69) is 33.8 Å². The van der Waals surface area contributed by atoms with Gasteiger partial charge >= 0.3 is 0 Å². The van der Waals surface area contributed by atoms with Crippen LogP contribution in [0, 0.1) is 0 Å². The Balaban J connectivity index is 2.77. The Kier molecular flexibility index (Phi) is 2.96. The van der Waals surface area contributed by atoms with E-state index in [0.29, 0.717) is 11.8 Å². The van der Waals surface area contributed by atoms with Gasteiger partial charge in [0, 0.05) is 5.92 Å². The maximum atomic E-state index is 5.48. The zero-order chi connectivity index (χ0) is 9.14. The van der Waals surface area contributed by atoms with Crippen molar-refractivity contribution >= 4 is 0 Å². The van der Waals surface area contributed by atoms with E-state index in [0.717, 1.165) is 12.2 Å². The van der Waals surface area contributed by atoms with Crippen LogP contribution in [-0.2, 0) is 0 Å². The summed E-state index contributed by atoms with van der Waals surface area (Å²) in [6, 6.07) is 2.18. The van der Waals surface area contributed by atoms with Crippen LogP contribution in [0.4, 0.5) is 0 Å². The fraction of sp³-hybridized carbons (Fsp3) is 0.636. The molecule has 0 aliphatic rings. The second kappa shape index (κ2) is 3.79. The van der Waals surface area contributed by atoms with Crippen molar-refractivity contribution in [2.24, 2.45) is 0 Å². The van der Waals surface area contributed by atoms with Gasteiger partial charge in [0.25, 0.3) is 0 Å². The predicted molar refractivity (Wildman–Crippen MR) is 51.5 cm³/mol. The van der Waals surface area contributed by atoms with E-state index in [1.807, 2.05) is 6.26 Å². The summed E-state index contributed by atoms with van der Waals surface area (Å²) in [5.41, 5.74) is 1.31. The third-order valence-electron chi connectivity index (χ3n) is 2.40. The molecular formula is C11H18O. The molecule has 0 fully saturated rings. The lowest BCUT2D eigenvalue weighted by Gasteiger charge is -2.02. The van der Waals surface area contributed by atoms with E-state index in [9.17, 15) is 0 Å². The van der Waals surface area contributed by atoms with Crippen LogP contribution in [0.1, 0.15) is 57.3 Å². The molecule has 68 valence electrons. The van der Waals surface area contributed by atoms with Crippen LogP contribution < -0.4 is 0 Å². The van der Waals surface area contributed by atoms with E-state index >= 15 is 0 Å². The maximum absolute atomic E-state index is 5.48. The lowest BCUT2D eigenvalue weighted by Crippen LogP contribution is -1.87. The summed E-state index contributed by atoms with van der Waals surface area (Å²) in [5, 5.41) is 0. The number of rotatable bonds is 3. The monoisotopic (exact) mass is 166 g/mol. The van der Waals surface area contributed by atoms with Gasteiger partial charge in [0.15, 0.2) is 0 Å². The molecule has 1 aromatic heterocycles. The number of furan rings is 1. The van der Waals surface area contributed by atoms with Gasteiger partial charge in [0.1, 0.15) is 5.76 Å². The Labute approximate surface area is 74.8 Å². The van der Waals surface area contributed by atoms with Crippen molar-refractivity contribution < 1.29 is 4.42 Å². The van der Waals surface area contributed by atoms with Crippen LogP contribution >= 0.6 is 0 Å². The molecule has 0 aromatic carbocycles. The lowest BCUT2D eigenvalue weighted by molar-refractivity contribution is 0.467. The minimum absolute atomic E-state index is 0.553. The van der Waals surface area contributed by atoms with Gasteiger partial charge in [-0.15, -0.1) is 0 Å². The van der Waals surface area contributed by atoms with Crippen LogP contribution in [0.25, 0.3) is 0 Å². The summed E-state index contributed by atoms with van der Waals surface area (Å²) in [5.74, 6) is 2.25. The highest BCUT2D eigenvalue weighted by atomic mass is 16.3. The summed E-state index contributed by atoms with van der Waals surface area (Å²) in [4.78, 5) is 0. The number of hydrogen-bond donors (Lipinski definition) is 0. The van der Waals surface area contributed by atoms with Crippen molar-refractivity contribution in [1.29, 1.82) is 0 Å². The van der Waals surface area contributed by atoms with Crippen LogP contribution in [-0.4, -0.2) is 0 Å². The fourth-order valence-electron chi connectivity index (χ4n) is 1.13. The molecule has 0 aliphatic heterocycles. The standard InChI is InChI=1S/C11H18O/c1-5-9(4)11-6-10(7-12-11)8(2)3/h6-9H,5H2,1-4H3. The molecule has 0 N–H and O–H groups in total. The van der Waals surface area contributed by atoms with E-state index in [4.69, 9.17) is 4.42 Å². The lowest BCUT2D eigenvalue weighted by atomic mass is 10.0. The third-order valence-corrected chi connectivity index (χ3v) is 2.40. The molecule has 1 rings (SSSR count). The number of hydrogen-bond acceptors (Lipinski definition) is 1. The van der Waals surface area contributed by atoms with Gasteiger partial charge in [-0.05, 0) is 24.0 Å². The van der Waals surface area contributed by atoms with Crippen molar-refractivity contribution in [3.8, 4) is 0 Å². The average molecular weight is 166 g/mol. The van der Waals surface area contributed by atoms with Gasteiger partial charge in [0.05, 0.1) is 6.26 Å². The van der Waals surface area contributed by atoms with E-state index in [1.54, 1.807) is 0 Å². The maximum Gasteiger partial charge on any atom is 0.106 e. The van der Waals surface area contributed by atoms with Crippen molar-refractivity contribution in [2.75, 3.05) is 0 Å². The molecular weight excluding hydrogens is 148 g/mol. The van der Waals surface area contributed by atoms with Crippen LogP contribution in [0.15, 0.2) is 16.7 Å². The SMILES string of the molecule is CCC(C)c1cc(C(C)C)co1. The minimum Gasteiger partial charge on any atom is -0.469 e. The summed E-state index contributed by atoms with van der Waals surface area (Å²) in [7, 11) is 0. The molecule has 0 radical (unpaired) electrons. The summed E-state index contributed by atoms with van der Waals surface area (Å²) in [6.45, 7) is 8.75. The predicted octanol–water partition coefficient (Wildman–Crippen LogP) is 3.92. The van der Waals surface area contributed by atoms with E-state index in [-0.39, 0.29) is 0 Å². The smallest absolute Gasteiger partial charge is 0.106 e.